The molecule has 1 aromatic carbocycles. The summed E-state index contributed by atoms with van der Waals surface area (Å²) in [6.07, 6.45) is 0. The van der Waals surface area contributed by atoms with Gasteiger partial charge in [0.05, 0.1) is 7.11 Å². The van der Waals surface area contributed by atoms with Crippen molar-refractivity contribution in [3.05, 3.63) is 17.9 Å². The van der Waals surface area contributed by atoms with Crippen LogP contribution in [0.3, 0.4) is 0 Å². The largest absolute Gasteiger partial charge is 0.494 e. The van der Waals surface area contributed by atoms with Gasteiger partial charge in [-0.1, -0.05) is 0 Å². The van der Waals surface area contributed by atoms with Gasteiger partial charge in [0.2, 0.25) is 11.6 Å². The third-order valence-corrected chi connectivity index (χ3v) is 1.83. The van der Waals surface area contributed by atoms with Crippen LogP contribution in [0, 0.1) is 5.82 Å². The molecule has 4 heteroatoms. The lowest BCUT2D eigenvalue weighted by Crippen LogP contribution is -2.16. The van der Waals surface area contributed by atoms with Crippen LogP contribution >= 0.6 is 0 Å². The Morgan fingerprint density at radius 1 is 1.31 bits per heavy atom. The van der Waals surface area contributed by atoms with Crippen LogP contribution < -0.4 is 14.2 Å². The molecule has 0 radical (unpaired) electrons. The molecule has 0 saturated carbocycles. The minimum atomic E-state index is -0.500. The highest BCUT2D eigenvalue weighted by Gasteiger charge is 2.19. The number of fused-ring (bicyclic) bond motifs is 1. The number of rotatable bonds is 1. The molecule has 1 aliphatic heterocycles. The average Bonchev–Trinajstić information content (AvgIpc) is 2.19. The maximum Gasteiger partial charge on any atom is 0.210 e. The SMILES string of the molecule is COc1ccc2c(c1F)OCCO2. The fraction of sp³-hybridized carbons (Fsp3) is 0.333. The van der Waals surface area contributed by atoms with E-state index in [9.17, 15) is 4.39 Å². The van der Waals surface area contributed by atoms with Crippen molar-refractivity contribution in [3.63, 3.8) is 0 Å². The molecule has 0 N–H and O–H groups in total. The molecule has 0 aliphatic carbocycles. The van der Waals surface area contributed by atoms with Crippen LogP contribution in [0.5, 0.6) is 17.2 Å². The molecule has 13 heavy (non-hydrogen) atoms. The summed E-state index contributed by atoms with van der Waals surface area (Å²) in [6.45, 7) is 0.829. The first-order valence-corrected chi connectivity index (χ1v) is 3.95. The number of methoxy groups -OCH3 is 1. The number of ether oxygens (including phenoxy) is 3. The minimum absolute atomic E-state index is 0.144. The zero-order valence-corrected chi connectivity index (χ0v) is 7.17. The quantitative estimate of drug-likeness (QED) is 0.663. The van der Waals surface area contributed by atoms with Crippen LogP contribution in [0.15, 0.2) is 12.1 Å². The van der Waals surface area contributed by atoms with Crippen LogP contribution in [0.1, 0.15) is 0 Å². The smallest absolute Gasteiger partial charge is 0.210 e. The van der Waals surface area contributed by atoms with Crippen molar-refractivity contribution in [2.24, 2.45) is 0 Å². The van der Waals surface area contributed by atoms with Crippen LogP contribution in [-0.4, -0.2) is 20.3 Å². The molecule has 0 aromatic heterocycles. The van der Waals surface area contributed by atoms with Crippen molar-refractivity contribution in [1.29, 1.82) is 0 Å². The Morgan fingerprint density at radius 3 is 2.85 bits per heavy atom. The number of halogens is 1. The summed E-state index contributed by atoms with van der Waals surface area (Å²) < 4.78 is 28.5. The van der Waals surface area contributed by atoms with Gasteiger partial charge >= 0.3 is 0 Å². The van der Waals surface area contributed by atoms with Crippen LogP contribution in [-0.2, 0) is 0 Å². The van der Waals surface area contributed by atoms with Crippen LogP contribution in [0.25, 0.3) is 0 Å². The number of benzene rings is 1. The first-order chi connectivity index (χ1) is 6.33. The summed E-state index contributed by atoms with van der Waals surface area (Å²) in [5, 5.41) is 0. The van der Waals surface area contributed by atoms with E-state index in [-0.39, 0.29) is 11.5 Å². The molecule has 0 amide bonds. The van der Waals surface area contributed by atoms with Gasteiger partial charge in [-0.2, -0.15) is 4.39 Å². The highest BCUT2D eigenvalue weighted by molar-refractivity contribution is 5.47. The van der Waals surface area contributed by atoms with E-state index in [1.165, 1.54) is 13.2 Å². The maximum atomic E-state index is 13.4. The Kier molecular flexibility index (Phi) is 1.96. The Balaban J connectivity index is 2.48. The van der Waals surface area contributed by atoms with Crippen molar-refractivity contribution in [1.82, 2.24) is 0 Å². The molecule has 3 nitrogen and oxygen atoms in total. The summed E-state index contributed by atoms with van der Waals surface area (Å²) in [7, 11) is 1.41. The van der Waals surface area contributed by atoms with Crippen LogP contribution in [0.2, 0.25) is 0 Å². The lowest BCUT2D eigenvalue weighted by Gasteiger charge is -2.19. The van der Waals surface area contributed by atoms with Gasteiger partial charge in [0, 0.05) is 0 Å². The van der Waals surface area contributed by atoms with E-state index in [0.717, 1.165) is 0 Å². The van der Waals surface area contributed by atoms with Crippen molar-refractivity contribution in [3.8, 4) is 17.2 Å². The fourth-order valence-electron chi connectivity index (χ4n) is 1.22. The van der Waals surface area contributed by atoms with Gasteiger partial charge in [-0.15, -0.1) is 0 Å². The zero-order valence-electron chi connectivity index (χ0n) is 7.17. The second kappa shape index (κ2) is 3.12. The topological polar surface area (TPSA) is 27.7 Å². The second-order valence-electron chi connectivity index (χ2n) is 2.61. The van der Waals surface area contributed by atoms with E-state index in [0.29, 0.717) is 19.0 Å². The van der Waals surface area contributed by atoms with Gasteiger partial charge in [0.15, 0.2) is 11.5 Å². The molecule has 1 aromatic rings. The molecule has 2 rings (SSSR count). The second-order valence-corrected chi connectivity index (χ2v) is 2.61. The summed E-state index contributed by atoms with van der Waals surface area (Å²) in [5.74, 6) is 0.249. The molecular weight excluding hydrogens is 175 g/mol. The van der Waals surface area contributed by atoms with Gasteiger partial charge in [-0.25, -0.2) is 0 Å². The van der Waals surface area contributed by atoms with E-state index in [1.807, 2.05) is 0 Å². The van der Waals surface area contributed by atoms with E-state index >= 15 is 0 Å². The van der Waals surface area contributed by atoms with E-state index in [1.54, 1.807) is 6.07 Å². The maximum absolute atomic E-state index is 13.4. The third kappa shape index (κ3) is 1.28. The van der Waals surface area contributed by atoms with Crippen LogP contribution in [0.4, 0.5) is 4.39 Å². The summed E-state index contributed by atoms with van der Waals surface area (Å²) in [6, 6.07) is 3.15. The molecule has 0 spiro atoms. The van der Waals surface area contributed by atoms with Crippen molar-refractivity contribution in [2.75, 3.05) is 20.3 Å². The average molecular weight is 184 g/mol. The Morgan fingerprint density at radius 2 is 2.08 bits per heavy atom. The predicted octanol–water partition coefficient (Wildman–Crippen LogP) is 1.61. The molecule has 70 valence electrons. The zero-order chi connectivity index (χ0) is 9.26. The highest BCUT2D eigenvalue weighted by atomic mass is 19.1. The molecule has 1 aliphatic rings. The highest BCUT2D eigenvalue weighted by Crippen LogP contribution is 2.37. The lowest BCUT2D eigenvalue weighted by atomic mass is 10.2. The Hall–Kier alpha value is -1.45. The molecule has 0 atom stereocenters. The molecular formula is C9H9FO3. The molecule has 1 heterocycles. The third-order valence-electron chi connectivity index (χ3n) is 1.83. The lowest BCUT2D eigenvalue weighted by molar-refractivity contribution is 0.162. The van der Waals surface area contributed by atoms with Gasteiger partial charge in [-0.05, 0) is 12.1 Å². The van der Waals surface area contributed by atoms with Gasteiger partial charge in [0.1, 0.15) is 13.2 Å². The van der Waals surface area contributed by atoms with Gasteiger partial charge in [0.25, 0.3) is 0 Å². The summed E-state index contributed by atoms with van der Waals surface area (Å²) in [4.78, 5) is 0. The first kappa shape index (κ1) is 8.16. The Labute approximate surface area is 75.0 Å². The van der Waals surface area contributed by atoms with Gasteiger partial charge in [-0.3, -0.25) is 0 Å². The van der Waals surface area contributed by atoms with Crippen molar-refractivity contribution in [2.45, 2.75) is 0 Å². The normalized spacial score (nSPS) is 14.0. The first-order valence-electron chi connectivity index (χ1n) is 3.95. The van der Waals surface area contributed by atoms with Crippen molar-refractivity contribution >= 4 is 0 Å². The molecule has 0 bridgehead atoms. The monoisotopic (exact) mass is 184 g/mol. The van der Waals surface area contributed by atoms with Crippen molar-refractivity contribution < 1.29 is 18.6 Å². The summed E-state index contributed by atoms with van der Waals surface area (Å²) in [5.41, 5.74) is 0. The number of hydrogen-bond acceptors (Lipinski definition) is 3. The molecule has 0 fully saturated rings. The molecule has 0 saturated heterocycles. The fourth-order valence-corrected chi connectivity index (χ4v) is 1.22. The minimum Gasteiger partial charge on any atom is -0.494 e. The Bertz CT molecular complexity index is 325. The number of hydrogen-bond donors (Lipinski definition) is 0. The van der Waals surface area contributed by atoms with E-state index in [2.05, 4.69) is 0 Å². The summed E-state index contributed by atoms with van der Waals surface area (Å²) >= 11 is 0. The molecule has 0 unspecified atom stereocenters. The van der Waals surface area contributed by atoms with E-state index < -0.39 is 5.82 Å². The predicted molar refractivity (Wildman–Crippen MR) is 43.9 cm³/mol. The standard InChI is InChI=1S/C9H9FO3/c1-11-6-2-3-7-9(8(6)10)13-5-4-12-7/h2-3H,4-5H2,1H3. The van der Waals surface area contributed by atoms with E-state index in [4.69, 9.17) is 14.2 Å². The van der Waals surface area contributed by atoms with Gasteiger partial charge < -0.3 is 14.2 Å².